The molecule has 2 aliphatic rings. The Morgan fingerprint density at radius 1 is 1.16 bits per heavy atom. The topological polar surface area (TPSA) is 66.5 Å². The molecule has 0 aromatic rings. The summed E-state index contributed by atoms with van der Waals surface area (Å²) in [6.45, 7) is 2.11. The SMILES string of the molecule is COC1O[C@@H]2CN(C)[P@@](C)(=O)O[C@H]2[C@H](OC)[C@H]1OC. The van der Waals surface area contributed by atoms with Crippen LogP contribution in [-0.4, -0.2) is 77.0 Å². The average Bonchev–Trinajstić information content (AvgIpc) is 2.37. The summed E-state index contributed by atoms with van der Waals surface area (Å²) in [4.78, 5) is 0. The van der Waals surface area contributed by atoms with Gasteiger partial charge in [-0.15, -0.1) is 0 Å². The van der Waals surface area contributed by atoms with Gasteiger partial charge in [-0.2, -0.15) is 0 Å². The molecule has 19 heavy (non-hydrogen) atoms. The highest BCUT2D eigenvalue weighted by molar-refractivity contribution is 7.55. The van der Waals surface area contributed by atoms with Crippen LogP contribution in [0, 0.1) is 0 Å². The largest absolute Gasteiger partial charge is 0.376 e. The van der Waals surface area contributed by atoms with Crippen molar-refractivity contribution in [2.75, 3.05) is 41.6 Å². The van der Waals surface area contributed by atoms with Crippen molar-refractivity contribution in [3.8, 4) is 0 Å². The van der Waals surface area contributed by atoms with Gasteiger partial charge in [-0.05, 0) is 7.05 Å². The third-order valence-electron chi connectivity index (χ3n) is 3.75. The maximum Gasteiger partial charge on any atom is 0.269 e. The summed E-state index contributed by atoms with van der Waals surface area (Å²) in [6.07, 6.45) is -2.00. The van der Waals surface area contributed by atoms with Crippen molar-refractivity contribution in [3.63, 3.8) is 0 Å². The highest BCUT2D eigenvalue weighted by Gasteiger charge is 2.53. The van der Waals surface area contributed by atoms with Crippen LogP contribution >= 0.6 is 7.52 Å². The molecule has 6 atom stereocenters. The normalized spacial score (nSPS) is 47.9. The number of ether oxygens (including phenoxy) is 4. The molecule has 0 amide bonds. The van der Waals surface area contributed by atoms with Crippen molar-refractivity contribution < 1.29 is 28.0 Å². The highest BCUT2D eigenvalue weighted by Crippen LogP contribution is 2.52. The van der Waals surface area contributed by atoms with Gasteiger partial charge in [-0.1, -0.05) is 0 Å². The number of hydrogen-bond acceptors (Lipinski definition) is 6. The van der Waals surface area contributed by atoms with Gasteiger partial charge in [0.1, 0.15) is 24.4 Å². The van der Waals surface area contributed by atoms with E-state index in [0.717, 1.165) is 0 Å². The van der Waals surface area contributed by atoms with Crippen molar-refractivity contribution >= 4 is 7.52 Å². The monoisotopic (exact) mass is 295 g/mol. The number of likely N-dealkylation sites (N-methyl/N-ethyl adjacent to an activating group) is 1. The second-order valence-electron chi connectivity index (χ2n) is 4.89. The first-order chi connectivity index (χ1) is 8.94. The number of fused-ring (bicyclic) bond motifs is 1. The molecule has 0 N–H and O–H groups in total. The third-order valence-corrected chi connectivity index (χ3v) is 5.79. The van der Waals surface area contributed by atoms with E-state index in [0.29, 0.717) is 6.54 Å². The molecule has 7 nitrogen and oxygen atoms in total. The van der Waals surface area contributed by atoms with E-state index in [4.69, 9.17) is 23.5 Å². The zero-order valence-corrected chi connectivity index (χ0v) is 12.8. The van der Waals surface area contributed by atoms with Gasteiger partial charge in [0.15, 0.2) is 6.29 Å². The molecule has 2 rings (SSSR count). The molecule has 2 aliphatic heterocycles. The summed E-state index contributed by atoms with van der Waals surface area (Å²) < 4.78 is 41.7. The van der Waals surface area contributed by atoms with Crippen LogP contribution in [0.15, 0.2) is 0 Å². The van der Waals surface area contributed by atoms with Gasteiger partial charge in [0.2, 0.25) is 0 Å². The highest BCUT2D eigenvalue weighted by atomic mass is 31.2. The fraction of sp³-hybridized carbons (Fsp3) is 1.00. The van der Waals surface area contributed by atoms with Gasteiger partial charge in [0.05, 0.1) is 0 Å². The molecule has 0 radical (unpaired) electrons. The molecule has 8 heteroatoms. The molecule has 0 aromatic carbocycles. The number of hydrogen-bond donors (Lipinski definition) is 0. The molecule has 2 heterocycles. The smallest absolute Gasteiger partial charge is 0.269 e. The van der Waals surface area contributed by atoms with E-state index in [2.05, 4.69) is 0 Å². The lowest BCUT2D eigenvalue weighted by molar-refractivity contribution is -0.299. The summed E-state index contributed by atoms with van der Waals surface area (Å²) in [7, 11) is 3.65. The molecule has 2 fully saturated rings. The Hall–Kier alpha value is -0.0100. The van der Waals surface area contributed by atoms with E-state index < -0.39 is 26.0 Å². The molecular weight excluding hydrogens is 273 g/mol. The molecule has 0 aromatic heterocycles. The molecule has 1 unspecified atom stereocenters. The van der Waals surface area contributed by atoms with Crippen LogP contribution in [0.25, 0.3) is 0 Å². The quantitative estimate of drug-likeness (QED) is 0.704. The standard InChI is InChI=1S/C11H22NO6P/c1-12-6-7-8(18-19(12,5)13)9(14-2)10(15-3)11(16-4)17-7/h7-11H,6H2,1-5H3/t7-,8-,9+,10-,11?,19+/m1/s1. The summed E-state index contributed by atoms with van der Waals surface area (Å²) >= 11 is 0. The van der Waals surface area contributed by atoms with Crippen LogP contribution in [0.3, 0.4) is 0 Å². The van der Waals surface area contributed by atoms with Crippen molar-refractivity contribution in [2.45, 2.75) is 30.7 Å². The first kappa shape index (κ1) is 15.4. The van der Waals surface area contributed by atoms with Gasteiger partial charge in [0, 0.05) is 34.5 Å². The van der Waals surface area contributed by atoms with Crippen LogP contribution in [0.4, 0.5) is 0 Å². The zero-order chi connectivity index (χ0) is 14.2. The Bertz CT molecular complexity index is 367. The molecule has 0 aliphatic carbocycles. The summed E-state index contributed by atoms with van der Waals surface area (Å²) in [5.74, 6) is 0. The fourth-order valence-electron chi connectivity index (χ4n) is 2.57. The van der Waals surface area contributed by atoms with Crippen molar-refractivity contribution in [1.29, 1.82) is 0 Å². The first-order valence-electron chi connectivity index (χ1n) is 6.16. The summed E-state index contributed by atoms with van der Waals surface area (Å²) in [5, 5.41) is 0. The predicted molar refractivity (Wildman–Crippen MR) is 68.3 cm³/mol. The minimum atomic E-state index is -2.81. The third kappa shape index (κ3) is 2.74. The summed E-state index contributed by atoms with van der Waals surface area (Å²) in [5.41, 5.74) is 0. The van der Waals surface area contributed by atoms with Crippen molar-refractivity contribution in [2.24, 2.45) is 0 Å². The second-order valence-corrected chi connectivity index (χ2v) is 7.39. The van der Waals surface area contributed by atoms with E-state index in [-0.39, 0.29) is 12.2 Å². The van der Waals surface area contributed by atoms with E-state index >= 15 is 0 Å². The summed E-state index contributed by atoms with van der Waals surface area (Å²) in [6, 6.07) is 0. The van der Waals surface area contributed by atoms with E-state index in [1.165, 1.54) is 0 Å². The molecule has 0 bridgehead atoms. The lowest BCUT2D eigenvalue weighted by Gasteiger charge is -2.49. The fourth-order valence-corrected chi connectivity index (χ4v) is 3.90. The Morgan fingerprint density at radius 3 is 2.32 bits per heavy atom. The van der Waals surface area contributed by atoms with Gasteiger partial charge < -0.3 is 23.5 Å². The molecule has 112 valence electrons. The number of rotatable bonds is 3. The Kier molecular flexibility index (Phi) is 4.67. The molecular formula is C11H22NO6P. The number of methoxy groups -OCH3 is 3. The van der Waals surface area contributed by atoms with Crippen LogP contribution in [0.5, 0.6) is 0 Å². The predicted octanol–water partition coefficient (Wildman–Crippen LogP) is 0.541. The van der Waals surface area contributed by atoms with E-state index in [1.54, 1.807) is 39.7 Å². The van der Waals surface area contributed by atoms with Gasteiger partial charge >= 0.3 is 0 Å². The van der Waals surface area contributed by atoms with Gasteiger partial charge in [0.25, 0.3) is 7.52 Å². The maximum absolute atomic E-state index is 12.3. The van der Waals surface area contributed by atoms with Gasteiger partial charge in [-0.25, -0.2) is 4.67 Å². The van der Waals surface area contributed by atoms with E-state index in [1.807, 2.05) is 0 Å². The Labute approximate surface area is 113 Å². The van der Waals surface area contributed by atoms with Crippen LogP contribution in [0.1, 0.15) is 0 Å². The average molecular weight is 295 g/mol. The van der Waals surface area contributed by atoms with Crippen molar-refractivity contribution in [1.82, 2.24) is 4.67 Å². The number of nitrogens with zero attached hydrogens (tertiary/aromatic N) is 1. The lowest BCUT2D eigenvalue weighted by Crippen LogP contribution is -2.63. The second kappa shape index (κ2) is 5.77. The zero-order valence-electron chi connectivity index (χ0n) is 11.9. The Balaban J connectivity index is 2.25. The first-order valence-corrected chi connectivity index (χ1v) is 8.18. The van der Waals surface area contributed by atoms with Crippen molar-refractivity contribution in [3.05, 3.63) is 0 Å². The van der Waals surface area contributed by atoms with Crippen LogP contribution in [-0.2, 0) is 28.0 Å². The van der Waals surface area contributed by atoms with Gasteiger partial charge in [-0.3, -0.25) is 4.57 Å². The van der Waals surface area contributed by atoms with Crippen LogP contribution in [0.2, 0.25) is 0 Å². The molecule has 0 saturated carbocycles. The minimum Gasteiger partial charge on any atom is -0.376 e. The molecule has 0 spiro atoms. The Morgan fingerprint density at radius 2 is 1.79 bits per heavy atom. The van der Waals surface area contributed by atoms with Crippen LogP contribution < -0.4 is 0 Å². The maximum atomic E-state index is 12.3. The van der Waals surface area contributed by atoms with E-state index in [9.17, 15) is 4.57 Å². The molecule has 2 saturated heterocycles. The lowest BCUT2D eigenvalue weighted by atomic mass is 9.98. The minimum absolute atomic E-state index is 0.256.